The van der Waals surface area contributed by atoms with Gasteiger partial charge in [0, 0.05) is 9.75 Å². The molecule has 0 spiro atoms. The van der Waals surface area contributed by atoms with Crippen LogP contribution in [0.15, 0.2) is 24.3 Å². The van der Waals surface area contributed by atoms with E-state index in [-0.39, 0.29) is 6.04 Å². The van der Waals surface area contributed by atoms with E-state index in [9.17, 15) is 0 Å². The van der Waals surface area contributed by atoms with Gasteiger partial charge < -0.3 is 14.8 Å². The van der Waals surface area contributed by atoms with E-state index in [1.807, 2.05) is 25.2 Å². The molecule has 0 saturated carbocycles. The lowest BCUT2D eigenvalue weighted by atomic mass is 10.0. The molecule has 0 bridgehead atoms. The van der Waals surface area contributed by atoms with Crippen molar-refractivity contribution in [3.05, 3.63) is 45.1 Å². The summed E-state index contributed by atoms with van der Waals surface area (Å²) >= 11 is 1.81. The number of thiophene rings is 1. The Morgan fingerprint density at radius 2 is 1.70 bits per heavy atom. The summed E-state index contributed by atoms with van der Waals surface area (Å²) in [7, 11) is 5.35. The normalized spacial score (nSPS) is 12.2. The molecule has 0 amide bonds. The number of hydrogen-bond donors (Lipinski definition) is 1. The Kier molecular flexibility index (Phi) is 4.68. The molecule has 4 heteroatoms. The van der Waals surface area contributed by atoms with Crippen molar-refractivity contribution in [2.24, 2.45) is 0 Å². The number of methoxy groups -OCH3 is 2. The average Bonchev–Trinajstić information content (AvgIpc) is 2.78. The van der Waals surface area contributed by atoms with Crippen LogP contribution in [0.2, 0.25) is 0 Å². The fraction of sp³-hybridized carbons (Fsp3) is 0.375. The molecule has 2 rings (SSSR count). The van der Waals surface area contributed by atoms with E-state index >= 15 is 0 Å². The lowest BCUT2D eigenvalue weighted by Crippen LogP contribution is -2.19. The molecule has 0 radical (unpaired) electrons. The van der Waals surface area contributed by atoms with E-state index in [0.717, 1.165) is 17.1 Å². The minimum atomic E-state index is 0.0693. The maximum Gasteiger partial charge on any atom is 0.127 e. The molecule has 0 aliphatic carbocycles. The molecule has 1 aromatic carbocycles. The zero-order valence-electron chi connectivity index (χ0n) is 12.6. The van der Waals surface area contributed by atoms with Crippen LogP contribution in [-0.4, -0.2) is 21.3 Å². The smallest absolute Gasteiger partial charge is 0.127 e. The van der Waals surface area contributed by atoms with Crippen LogP contribution in [0.3, 0.4) is 0 Å². The van der Waals surface area contributed by atoms with Gasteiger partial charge in [0.05, 0.1) is 25.8 Å². The summed E-state index contributed by atoms with van der Waals surface area (Å²) in [6.07, 6.45) is 0. The molecule has 0 fully saturated rings. The molecule has 3 nitrogen and oxygen atoms in total. The number of benzene rings is 1. The molecular formula is C16H21NO2S. The van der Waals surface area contributed by atoms with E-state index in [0.29, 0.717) is 0 Å². The highest BCUT2D eigenvalue weighted by molar-refractivity contribution is 7.12. The highest BCUT2D eigenvalue weighted by Crippen LogP contribution is 2.40. The van der Waals surface area contributed by atoms with Crippen molar-refractivity contribution in [1.82, 2.24) is 5.32 Å². The van der Waals surface area contributed by atoms with Crippen LogP contribution in [0.25, 0.3) is 0 Å². The molecule has 0 saturated heterocycles. The average molecular weight is 291 g/mol. The summed E-state index contributed by atoms with van der Waals surface area (Å²) in [6, 6.07) is 8.17. The number of ether oxygens (including phenoxy) is 2. The van der Waals surface area contributed by atoms with E-state index < -0.39 is 0 Å². The van der Waals surface area contributed by atoms with Gasteiger partial charge in [-0.05, 0) is 44.7 Å². The van der Waals surface area contributed by atoms with Crippen molar-refractivity contribution >= 4 is 11.3 Å². The van der Waals surface area contributed by atoms with Crippen LogP contribution in [0.5, 0.6) is 11.5 Å². The first-order valence-electron chi connectivity index (χ1n) is 6.57. The molecule has 108 valence electrons. The van der Waals surface area contributed by atoms with Crippen molar-refractivity contribution in [1.29, 1.82) is 0 Å². The van der Waals surface area contributed by atoms with Crippen LogP contribution in [0.1, 0.15) is 26.9 Å². The molecular weight excluding hydrogens is 270 g/mol. The van der Waals surface area contributed by atoms with E-state index in [1.165, 1.54) is 15.3 Å². The van der Waals surface area contributed by atoms with Gasteiger partial charge in [0.25, 0.3) is 0 Å². The Labute approximate surface area is 124 Å². The number of aryl methyl sites for hydroxylation is 2. The first kappa shape index (κ1) is 14.9. The van der Waals surface area contributed by atoms with Crippen LogP contribution >= 0.6 is 11.3 Å². The lowest BCUT2D eigenvalue weighted by Gasteiger charge is -2.21. The quantitative estimate of drug-likeness (QED) is 0.911. The first-order valence-corrected chi connectivity index (χ1v) is 7.39. The predicted molar refractivity (Wildman–Crippen MR) is 84.2 cm³/mol. The van der Waals surface area contributed by atoms with Crippen molar-refractivity contribution in [2.75, 3.05) is 21.3 Å². The Morgan fingerprint density at radius 1 is 1.10 bits per heavy atom. The molecule has 1 heterocycles. The molecule has 1 atom stereocenters. The Balaban J connectivity index is 2.59. The van der Waals surface area contributed by atoms with Gasteiger partial charge in [-0.3, -0.25) is 0 Å². The Morgan fingerprint density at radius 3 is 2.10 bits per heavy atom. The fourth-order valence-electron chi connectivity index (χ4n) is 2.52. The maximum absolute atomic E-state index is 5.52. The molecule has 0 aliphatic rings. The minimum absolute atomic E-state index is 0.0693. The standard InChI is InChI=1S/C16H21NO2S/c1-10-9-11(2)20-16(10)15(17-3)14-12(18-4)7-6-8-13(14)19-5/h6-9,15,17H,1-5H3. The third-order valence-electron chi connectivity index (χ3n) is 3.38. The SMILES string of the molecule is CNC(c1sc(C)cc1C)c1c(OC)cccc1OC. The Hall–Kier alpha value is -1.52. The maximum atomic E-state index is 5.52. The van der Waals surface area contributed by atoms with Gasteiger partial charge in [-0.2, -0.15) is 0 Å². The van der Waals surface area contributed by atoms with Gasteiger partial charge in [-0.1, -0.05) is 6.07 Å². The minimum Gasteiger partial charge on any atom is -0.496 e. The first-order chi connectivity index (χ1) is 9.62. The van der Waals surface area contributed by atoms with Gasteiger partial charge in [-0.15, -0.1) is 11.3 Å². The van der Waals surface area contributed by atoms with Gasteiger partial charge in [0.1, 0.15) is 11.5 Å². The van der Waals surface area contributed by atoms with Crippen LogP contribution in [-0.2, 0) is 0 Å². The van der Waals surface area contributed by atoms with Gasteiger partial charge in [0.15, 0.2) is 0 Å². The van der Waals surface area contributed by atoms with E-state index in [1.54, 1.807) is 25.6 Å². The second-order valence-corrected chi connectivity index (χ2v) is 5.99. The van der Waals surface area contributed by atoms with E-state index in [2.05, 4.69) is 25.2 Å². The summed E-state index contributed by atoms with van der Waals surface area (Å²) in [5.41, 5.74) is 2.34. The topological polar surface area (TPSA) is 30.5 Å². The summed E-state index contributed by atoms with van der Waals surface area (Å²) in [5, 5.41) is 3.39. The lowest BCUT2D eigenvalue weighted by molar-refractivity contribution is 0.379. The van der Waals surface area contributed by atoms with Crippen LogP contribution < -0.4 is 14.8 Å². The Bertz CT molecular complexity index is 570. The summed E-state index contributed by atoms with van der Waals surface area (Å²) in [6.45, 7) is 4.28. The summed E-state index contributed by atoms with van der Waals surface area (Å²) < 4.78 is 11.0. The monoisotopic (exact) mass is 291 g/mol. The predicted octanol–water partition coefficient (Wildman–Crippen LogP) is 3.69. The zero-order chi connectivity index (χ0) is 14.7. The van der Waals surface area contributed by atoms with E-state index in [4.69, 9.17) is 9.47 Å². The molecule has 1 N–H and O–H groups in total. The highest BCUT2D eigenvalue weighted by atomic mass is 32.1. The zero-order valence-corrected chi connectivity index (χ0v) is 13.4. The number of hydrogen-bond acceptors (Lipinski definition) is 4. The van der Waals surface area contributed by atoms with Gasteiger partial charge in [-0.25, -0.2) is 0 Å². The van der Waals surface area contributed by atoms with Crippen LogP contribution in [0.4, 0.5) is 0 Å². The number of rotatable bonds is 5. The molecule has 0 aliphatic heterocycles. The fourth-order valence-corrected chi connectivity index (χ4v) is 3.67. The molecule has 2 aromatic rings. The second-order valence-electron chi connectivity index (χ2n) is 4.70. The van der Waals surface area contributed by atoms with Crippen LogP contribution in [0, 0.1) is 13.8 Å². The van der Waals surface area contributed by atoms with Crippen molar-refractivity contribution < 1.29 is 9.47 Å². The second kappa shape index (κ2) is 6.29. The van der Waals surface area contributed by atoms with Gasteiger partial charge in [0.2, 0.25) is 0 Å². The van der Waals surface area contributed by atoms with Crippen molar-refractivity contribution in [2.45, 2.75) is 19.9 Å². The number of nitrogens with one attached hydrogen (secondary N) is 1. The molecule has 1 aromatic heterocycles. The molecule has 1 unspecified atom stereocenters. The third kappa shape index (κ3) is 2.67. The highest BCUT2D eigenvalue weighted by Gasteiger charge is 2.24. The van der Waals surface area contributed by atoms with Gasteiger partial charge >= 0.3 is 0 Å². The summed E-state index contributed by atoms with van der Waals surface area (Å²) in [4.78, 5) is 2.61. The van der Waals surface area contributed by atoms with Crippen molar-refractivity contribution in [3.63, 3.8) is 0 Å². The van der Waals surface area contributed by atoms with Crippen molar-refractivity contribution in [3.8, 4) is 11.5 Å². The third-order valence-corrected chi connectivity index (χ3v) is 4.60. The molecule has 20 heavy (non-hydrogen) atoms. The summed E-state index contributed by atoms with van der Waals surface area (Å²) in [5.74, 6) is 1.68. The largest absolute Gasteiger partial charge is 0.496 e.